The zero-order valence-electron chi connectivity index (χ0n) is 23.2. The van der Waals surface area contributed by atoms with Gasteiger partial charge in [0.25, 0.3) is 0 Å². The van der Waals surface area contributed by atoms with Crippen LogP contribution in [-0.2, 0) is 16.0 Å². The monoisotopic (exact) mass is 598 g/mol. The average Bonchev–Trinajstić information content (AvgIpc) is 3.12. The first-order valence-electron chi connectivity index (χ1n) is 13.3. The summed E-state index contributed by atoms with van der Waals surface area (Å²) in [6.45, 7) is 4.49. The highest BCUT2D eigenvalue weighted by atomic mass is 35.5. The Morgan fingerprint density at radius 3 is 2.19 bits per heavy atom. The van der Waals surface area contributed by atoms with Gasteiger partial charge in [-0.15, -0.1) is 0 Å². The van der Waals surface area contributed by atoms with E-state index in [-0.39, 0.29) is 24.3 Å². The molecular formula is C30H35ClN4O7. The number of aromatic hydroxyl groups is 2. The maximum absolute atomic E-state index is 9.64. The lowest BCUT2D eigenvalue weighted by Crippen LogP contribution is -2.47. The summed E-state index contributed by atoms with van der Waals surface area (Å²) in [4.78, 5) is 28.8. The lowest BCUT2D eigenvalue weighted by Gasteiger charge is -2.34. The zero-order valence-corrected chi connectivity index (χ0v) is 24.0. The Balaban J connectivity index is 0.000000212. The number of phenolic OH excluding ortho intramolecular Hbond substituents is 2. The van der Waals surface area contributed by atoms with Crippen molar-refractivity contribution >= 4 is 35.1 Å². The number of amidine groups is 1. The van der Waals surface area contributed by atoms with Crippen molar-refractivity contribution in [2.24, 2.45) is 10.7 Å². The summed E-state index contributed by atoms with van der Waals surface area (Å²) in [5.74, 6) is 0.194. The molecule has 2 aliphatic rings. The molecule has 3 aromatic rings. The molecule has 0 aromatic heterocycles. The third-order valence-electron chi connectivity index (χ3n) is 6.32. The van der Waals surface area contributed by atoms with Crippen LogP contribution in [0.15, 0.2) is 65.7 Å². The van der Waals surface area contributed by atoms with Crippen LogP contribution in [-0.4, -0.2) is 87.8 Å². The molecule has 42 heavy (non-hydrogen) atoms. The van der Waals surface area contributed by atoms with Gasteiger partial charge in [0.15, 0.2) is 17.2 Å². The van der Waals surface area contributed by atoms with Gasteiger partial charge < -0.3 is 40.7 Å². The highest BCUT2D eigenvalue weighted by molar-refractivity contribution is 6.31. The third-order valence-corrected chi connectivity index (χ3v) is 6.56. The number of para-hydroxylation sites is 2. The van der Waals surface area contributed by atoms with Crippen LogP contribution in [0.3, 0.4) is 0 Å². The van der Waals surface area contributed by atoms with E-state index in [0.29, 0.717) is 18.0 Å². The van der Waals surface area contributed by atoms with Gasteiger partial charge >= 0.3 is 11.9 Å². The first-order chi connectivity index (χ1) is 20.1. The summed E-state index contributed by atoms with van der Waals surface area (Å²) >= 11 is 6.23. The maximum atomic E-state index is 9.64. The molecule has 0 unspecified atom stereocenters. The highest BCUT2D eigenvalue weighted by Gasteiger charge is 2.25. The van der Waals surface area contributed by atoms with Crippen LogP contribution >= 0.6 is 11.6 Å². The van der Waals surface area contributed by atoms with E-state index < -0.39 is 11.9 Å². The number of carbonyl (C=O) groups is 2. The van der Waals surface area contributed by atoms with Crippen molar-refractivity contribution in [3.8, 4) is 23.0 Å². The zero-order chi connectivity index (χ0) is 30.6. The van der Waals surface area contributed by atoms with Gasteiger partial charge in [0.2, 0.25) is 0 Å². The molecule has 12 heteroatoms. The minimum Gasteiger partial charge on any atom is -0.504 e. The minimum atomic E-state index is -1.08. The molecule has 0 atom stereocenters. The number of hydrogen-bond donors (Lipinski definition) is 5. The van der Waals surface area contributed by atoms with E-state index in [1.165, 1.54) is 12.1 Å². The Morgan fingerprint density at radius 1 is 0.905 bits per heavy atom. The summed E-state index contributed by atoms with van der Waals surface area (Å²) in [5.41, 5.74) is 8.05. The number of carboxylic acids is 2. The molecule has 0 saturated carbocycles. The molecule has 5 rings (SSSR count). The van der Waals surface area contributed by atoms with Gasteiger partial charge in [-0.3, -0.25) is 9.59 Å². The molecule has 0 radical (unpaired) electrons. The maximum Gasteiger partial charge on any atom is 0.303 e. The first kappa shape index (κ1) is 32.2. The molecule has 0 amide bonds. The second kappa shape index (κ2) is 15.6. The molecule has 11 nitrogen and oxygen atoms in total. The quantitative estimate of drug-likeness (QED) is 0.267. The molecule has 0 bridgehead atoms. The highest BCUT2D eigenvalue weighted by Crippen LogP contribution is 2.38. The predicted molar refractivity (Wildman–Crippen MR) is 160 cm³/mol. The Kier molecular flexibility index (Phi) is 12.0. The Hall–Kier alpha value is -4.32. The van der Waals surface area contributed by atoms with Gasteiger partial charge in [0, 0.05) is 31.2 Å². The second-order valence-corrected chi connectivity index (χ2v) is 10.0. The number of nitrogens with two attached hydrogens (primary N) is 1. The van der Waals surface area contributed by atoms with Gasteiger partial charge in [0.1, 0.15) is 17.3 Å². The lowest BCUT2D eigenvalue weighted by molar-refractivity contribution is -0.143. The summed E-state index contributed by atoms with van der Waals surface area (Å²) in [7, 11) is 2.15. The first-order valence-corrected chi connectivity index (χ1v) is 13.7. The molecule has 1 saturated heterocycles. The molecule has 224 valence electrons. The normalized spacial score (nSPS) is 13.9. The van der Waals surface area contributed by atoms with Crippen molar-refractivity contribution in [1.82, 2.24) is 9.80 Å². The van der Waals surface area contributed by atoms with Gasteiger partial charge in [-0.25, -0.2) is 4.99 Å². The molecule has 6 N–H and O–H groups in total. The van der Waals surface area contributed by atoms with Crippen molar-refractivity contribution in [2.75, 3.05) is 39.8 Å². The smallest absolute Gasteiger partial charge is 0.303 e. The van der Waals surface area contributed by atoms with E-state index >= 15 is 0 Å². The number of hydrogen-bond acceptors (Lipinski definition) is 9. The van der Waals surface area contributed by atoms with Crippen LogP contribution in [0, 0.1) is 0 Å². The van der Waals surface area contributed by atoms with Crippen LogP contribution in [0.4, 0.5) is 5.69 Å². The number of likely N-dealkylation sites (N-methyl/N-ethyl adjacent to an activating group) is 1. The summed E-state index contributed by atoms with van der Waals surface area (Å²) in [5, 5.41) is 34.5. The fourth-order valence-corrected chi connectivity index (χ4v) is 4.23. The largest absolute Gasteiger partial charge is 0.504 e. The van der Waals surface area contributed by atoms with Gasteiger partial charge in [-0.2, -0.15) is 0 Å². The van der Waals surface area contributed by atoms with Gasteiger partial charge in [-0.05, 0) is 68.0 Å². The number of ether oxygens (including phenoxy) is 1. The number of fused-ring (bicyclic) bond motifs is 2. The number of rotatable bonds is 5. The molecule has 2 aliphatic heterocycles. The molecule has 0 spiro atoms. The summed E-state index contributed by atoms with van der Waals surface area (Å²) < 4.78 is 6.09. The van der Waals surface area contributed by atoms with Crippen LogP contribution < -0.4 is 10.5 Å². The Bertz CT molecular complexity index is 1390. The topological polar surface area (TPSA) is 169 Å². The standard InChI is InChI=1S/C18H18ClN3O.C8H11NO2.C4H6O4/c1-21-8-10-22(11-9-21)18-14-12-13(19)6-7-16(14)23-17-5-3-2-4-15(17)20-18;9-4-3-6-1-2-7(10)8(11)5-6;5-3(6)1-2-4(7)8/h2-7,12H,8-11H2,1H3;1-2,5,10-11H,3-4,9H2;1-2H2,(H,5,6)(H,7,8). The number of piperazine rings is 1. The van der Waals surface area contributed by atoms with Crippen molar-refractivity contribution in [3.63, 3.8) is 0 Å². The van der Waals surface area contributed by atoms with Gasteiger partial charge in [-0.1, -0.05) is 29.8 Å². The number of aliphatic carboxylic acids is 2. The summed E-state index contributed by atoms with van der Waals surface area (Å²) in [6, 6.07) is 18.3. The number of phenols is 2. The van der Waals surface area contributed by atoms with E-state index in [1.54, 1.807) is 6.07 Å². The van der Waals surface area contributed by atoms with Crippen molar-refractivity contribution in [3.05, 3.63) is 76.8 Å². The SMILES string of the molecule is CN1CCN(C2=Nc3ccccc3Oc3ccc(Cl)cc32)CC1.NCCc1ccc(O)c(O)c1.O=C(O)CCC(=O)O. The van der Waals surface area contributed by atoms with E-state index in [2.05, 4.69) is 16.8 Å². The Morgan fingerprint density at radius 2 is 1.57 bits per heavy atom. The molecule has 0 aliphatic carbocycles. The van der Waals surface area contributed by atoms with Gasteiger partial charge in [0.05, 0.1) is 18.4 Å². The van der Waals surface area contributed by atoms with Crippen molar-refractivity contribution in [1.29, 1.82) is 0 Å². The number of aliphatic imine (C=N–C) groups is 1. The van der Waals surface area contributed by atoms with Crippen LogP contribution in [0.5, 0.6) is 23.0 Å². The molecule has 2 heterocycles. The summed E-state index contributed by atoms with van der Waals surface area (Å²) in [6.07, 6.45) is 0.124. The van der Waals surface area contributed by atoms with Crippen LogP contribution in [0.25, 0.3) is 0 Å². The van der Waals surface area contributed by atoms with E-state index in [1.807, 2.05) is 42.5 Å². The number of nitrogens with zero attached hydrogens (tertiary/aromatic N) is 3. The van der Waals surface area contributed by atoms with Crippen molar-refractivity contribution in [2.45, 2.75) is 19.3 Å². The fraction of sp³-hybridized carbons (Fsp3) is 0.300. The number of benzene rings is 3. The van der Waals surface area contributed by atoms with E-state index in [9.17, 15) is 9.59 Å². The minimum absolute atomic E-state index is 0.0871. The van der Waals surface area contributed by atoms with E-state index in [4.69, 9.17) is 47.5 Å². The predicted octanol–water partition coefficient (Wildman–Crippen LogP) is 4.31. The average molecular weight is 599 g/mol. The molecule has 3 aromatic carbocycles. The van der Waals surface area contributed by atoms with Crippen LogP contribution in [0.1, 0.15) is 24.0 Å². The van der Waals surface area contributed by atoms with E-state index in [0.717, 1.165) is 60.3 Å². The van der Waals surface area contributed by atoms with Crippen LogP contribution in [0.2, 0.25) is 5.02 Å². The Labute approximate surface area is 249 Å². The van der Waals surface area contributed by atoms with Crippen molar-refractivity contribution < 1.29 is 34.8 Å². The molecule has 1 fully saturated rings. The third kappa shape index (κ3) is 9.65. The second-order valence-electron chi connectivity index (χ2n) is 9.59. The fourth-order valence-electron chi connectivity index (χ4n) is 4.06. The lowest BCUT2D eigenvalue weighted by atomic mass is 10.1. The number of carboxylic acid groups (broad SMARTS) is 2. The number of halogens is 1. The molecular weight excluding hydrogens is 564 g/mol.